The molecule has 0 unspecified atom stereocenters. The Balaban J connectivity index is 0.000000292. The van der Waals surface area contributed by atoms with Gasteiger partial charge in [0.15, 0.2) is 0 Å². The average molecular weight is 158 g/mol. The number of hydrogen-bond acceptors (Lipinski definition) is 3. The molecule has 0 atom stereocenters. The van der Waals surface area contributed by atoms with E-state index in [1.807, 2.05) is 0 Å². The minimum Gasteiger partial charge on any atom is -0.508 e. The van der Waals surface area contributed by atoms with Crippen LogP contribution in [0.5, 0.6) is 5.75 Å². The summed E-state index contributed by atoms with van der Waals surface area (Å²) in [5.74, 6) is -0.241. The lowest BCUT2D eigenvalue weighted by atomic mass is 10.3. The fourth-order valence-electron chi connectivity index (χ4n) is 0.441. The molecular weight excluding hydrogens is 150 g/mol. The Morgan fingerprint density at radius 3 is 1.73 bits per heavy atom. The van der Waals surface area contributed by atoms with Crippen molar-refractivity contribution in [2.24, 2.45) is 0 Å². The Hall–Kier alpha value is -1.07. The Kier molecular flexibility index (Phi) is 5.15. The molecule has 3 nitrogen and oxygen atoms in total. The summed E-state index contributed by atoms with van der Waals surface area (Å²) in [5, 5.41) is 22.8. The number of hydrogen-bond donors (Lipinski definition) is 3. The molecule has 0 saturated heterocycles. The summed E-state index contributed by atoms with van der Waals surface area (Å²) < 4.78 is 12.0. The van der Waals surface area contributed by atoms with Gasteiger partial charge >= 0.3 is 7.69 Å². The quantitative estimate of drug-likeness (QED) is 0.457. The molecule has 0 radical (unpaired) electrons. The van der Waals surface area contributed by atoms with Gasteiger partial charge in [-0.1, -0.05) is 0 Å². The Labute approximate surface area is 64.0 Å². The second-order valence-corrected chi connectivity index (χ2v) is 1.62. The molecule has 0 aliphatic rings. The van der Waals surface area contributed by atoms with Crippen molar-refractivity contribution in [3.05, 3.63) is 30.1 Å². The zero-order valence-electron chi connectivity index (χ0n) is 5.74. The minimum absolute atomic E-state index is 0.0893. The fraction of sp³-hybridized carbons (Fsp3) is 0. The molecule has 0 bridgehead atoms. The average Bonchev–Trinajstić information content (AvgIpc) is 1.97. The van der Waals surface area contributed by atoms with Gasteiger partial charge < -0.3 is 15.2 Å². The number of halogens is 1. The van der Waals surface area contributed by atoms with Gasteiger partial charge in [-0.25, -0.2) is 4.39 Å². The maximum Gasteiger partial charge on any atom is 0.432 e. The van der Waals surface area contributed by atoms with E-state index < -0.39 is 7.69 Å². The first kappa shape index (κ1) is 9.93. The third-order valence-electron chi connectivity index (χ3n) is 0.827. The first-order valence-corrected chi connectivity index (χ1v) is 2.87. The minimum atomic E-state index is -0.750. The molecule has 0 amide bonds. The first-order valence-electron chi connectivity index (χ1n) is 2.87. The highest BCUT2D eigenvalue weighted by atomic mass is 19.1. The molecule has 1 aromatic rings. The van der Waals surface area contributed by atoms with Crippen LogP contribution in [-0.4, -0.2) is 22.8 Å². The molecular formula is C6H8BFO3. The van der Waals surface area contributed by atoms with Crippen molar-refractivity contribution in [2.75, 3.05) is 0 Å². The van der Waals surface area contributed by atoms with Gasteiger partial charge in [0.25, 0.3) is 0 Å². The molecule has 0 saturated carbocycles. The van der Waals surface area contributed by atoms with Crippen LogP contribution < -0.4 is 0 Å². The van der Waals surface area contributed by atoms with E-state index in [0.717, 1.165) is 0 Å². The summed E-state index contributed by atoms with van der Waals surface area (Å²) in [4.78, 5) is 0. The van der Waals surface area contributed by atoms with Crippen molar-refractivity contribution in [3.8, 4) is 5.75 Å². The van der Waals surface area contributed by atoms with Crippen LogP contribution >= 0.6 is 0 Å². The highest BCUT2D eigenvalue weighted by Gasteiger charge is 1.85. The second kappa shape index (κ2) is 5.70. The van der Waals surface area contributed by atoms with Crippen LogP contribution in [0.3, 0.4) is 0 Å². The summed E-state index contributed by atoms with van der Waals surface area (Å²) in [6.45, 7) is 0. The van der Waals surface area contributed by atoms with E-state index in [9.17, 15) is 4.39 Å². The molecule has 3 N–H and O–H groups in total. The molecule has 0 aliphatic heterocycles. The Morgan fingerprint density at radius 2 is 1.45 bits per heavy atom. The SMILES string of the molecule is OBO.Oc1ccc(F)cc1. The van der Waals surface area contributed by atoms with E-state index in [4.69, 9.17) is 15.2 Å². The van der Waals surface area contributed by atoms with Gasteiger partial charge in [-0.15, -0.1) is 0 Å². The van der Waals surface area contributed by atoms with Crippen LogP contribution in [0.15, 0.2) is 24.3 Å². The van der Waals surface area contributed by atoms with Crippen LogP contribution in [-0.2, 0) is 0 Å². The topological polar surface area (TPSA) is 60.7 Å². The maximum atomic E-state index is 12.0. The van der Waals surface area contributed by atoms with Gasteiger partial charge in [-0.2, -0.15) is 0 Å². The third-order valence-corrected chi connectivity index (χ3v) is 0.827. The fourth-order valence-corrected chi connectivity index (χ4v) is 0.441. The van der Waals surface area contributed by atoms with Crippen molar-refractivity contribution >= 4 is 7.69 Å². The molecule has 0 spiro atoms. The molecule has 11 heavy (non-hydrogen) atoms. The number of benzene rings is 1. The standard InChI is InChI=1S/C6H5FO.BH3O2/c7-5-1-3-6(8)4-2-5;2-1-3/h1-4,8H;1-3H. The van der Waals surface area contributed by atoms with Crippen LogP contribution in [0.25, 0.3) is 0 Å². The molecule has 1 rings (SSSR count). The normalized spacial score (nSPS) is 7.91. The van der Waals surface area contributed by atoms with Gasteiger partial charge in [-0.3, -0.25) is 0 Å². The zero-order valence-corrected chi connectivity index (χ0v) is 5.74. The van der Waals surface area contributed by atoms with Gasteiger partial charge in [-0.05, 0) is 24.3 Å². The number of phenolic OH excluding ortho intramolecular Hbond substituents is 1. The van der Waals surface area contributed by atoms with E-state index in [1.165, 1.54) is 24.3 Å². The van der Waals surface area contributed by atoms with E-state index in [-0.39, 0.29) is 11.6 Å². The summed E-state index contributed by atoms with van der Waals surface area (Å²) in [5.41, 5.74) is 0. The van der Waals surface area contributed by atoms with Crippen molar-refractivity contribution < 1.29 is 19.5 Å². The van der Waals surface area contributed by atoms with Gasteiger partial charge in [0.2, 0.25) is 0 Å². The molecule has 0 fully saturated rings. The van der Waals surface area contributed by atoms with Crippen LogP contribution in [0.1, 0.15) is 0 Å². The van der Waals surface area contributed by atoms with Crippen molar-refractivity contribution in [1.29, 1.82) is 0 Å². The smallest absolute Gasteiger partial charge is 0.432 e. The maximum absolute atomic E-state index is 12.0. The van der Waals surface area contributed by atoms with Crippen LogP contribution in [0.4, 0.5) is 4.39 Å². The van der Waals surface area contributed by atoms with Crippen LogP contribution in [0.2, 0.25) is 0 Å². The van der Waals surface area contributed by atoms with Crippen molar-refractivity contribution in [2.45, 2.75) is 0 Å². The highest BCUT2D eigenvalue weighted by molar-refractivity contribution is 6.13. The van der Waals surface area contributed by atoms with E-state index >= 15 is 0 Å². The molecule has 1 aromatic carbocycles. The highest BCUT2D eigenvalue weighted by Crippen LogP contribution is 2.06. The predicted molar refractivity (Wildman–Crippen MR) is 39.7 cm³/mol. The first-order chi connectivity index (χ1) is 5.20. The number of aromatic hydroxyl groups is 1. The van der Waals surface area contributed by atoms with E-state index in [2.05, 4.69) is 0 Å². The molecule has 0 heterocycles. The molecule has 60 valence electrons. The third kappa shape index (κ3) is 5.38. The number of rotatable bonds is 0. The molecule has 5 heteroatoms. The summed E-state index contributed by atoms with van der Waals surface area (Å²) >= 11 is 0. The number of phenols is 1. The molecule has 0 aromatic heterocycles. The zero-order chi connectivity index (χ0) is 8.69. The van der Waals surface area contributed by atoms with E-state index in [0.29, 0.717) is 0 Å². The van der Waals surface area contributed by atoms with Gasteiger partial charge in [0.1, 0.15) is 11.6 Å². The second-order valence-electron chi connectivity index (χ2n) is 1.62. The lowest BCUT2D eigenvalue weighted by Gasteiger charge is -1.86. The summed E-state index contributed by atoms with van der Waals surface area (Å²) in [7, 11) is -0.750. The van der Waals surface area contributed by atoms with Crippen LogP contribution in [0, 0.1) is 5.82 Å². The largest absolute Gasteiger partial charge is 0.508 e. The Morgan fingerprint density at radius 1 is 1.09 bits per heavy atom. The van der Waals surface area contributed by atoms with Crippen molar-refractivity contribution in [1.82, 2.24) is 0 Å². The van der Waals surface area contributed by atoms with Crippen molar-refractivity contribution in [3.63, 3.8) is 0 Å². The summed E-state index contributed by atoms with van der Waals surface area (Å²) in [6, 6.07) is 5.01. The summed E-state index contributed by atoms with van der Waals surface area (Å²) in [6.07, 6.45) is 0. The van der Waals surface area contributed by atoms with Gasteiger partial charge in [0.05, 0.1) is 0 Å². The van der Waals surface area contributed by atoms with E-state index in [1.54, 1.807) is 0 Å². The lowest BCUT2D eigenvalue weighted by molar-refractivity contribution is 0.448. The lowest BCUT2D eigenvalue weighted by Crippen LogP contribution is -1.75. The van der Waals surface area contributed by atoms with Gasteiger partial charge in [0, 0.05) is 0 Å². The predicted octanol–water partition coefficient (Wildman–Crippen LogP) is -0.231. The monoisotopic (exact) mass is 158 g/mol. The Bertz CT molecular complexity index is 169. The molecule has 0 aliphatic carbocycles.